The number of piperazine rings is 1. The van der Waals surface area contributed by atoms with Crippen molar-refractivity contribution in [1.82, 2.24) is 15.5 Å². The molecule has 2 fully saturated rings. The largest absolute Gasteiger partial charge is 0.405 e. The van der Waals surface area contributed by atoms with Crippen molar-refractivity contribution in [3.8, 4) is 0 Å². The van der Waals surface area contributed by atoms with Gasteiger partial charge in [-0.15, -0.1) is 0 Å². The van der Waals surface area contributed by atoms with Crippen LogP contribution in [-0.2, 0) is 14.4 Å². The molecule has 30 heavy (non-hydrogen) atoms. The minimum absolute atomic E-state index is 0.0356. The maximum Gasteiger partial charge on any atom is 0.405 e. The van der Waals surface area contributed by atoms with Gasteiger partial charge in [0.1, 0.15) is 17.9 Å². The van der Waals surface area contributed by atoms with Crippen molar-refractivity contribution in [2.24, 2.45) is 0 Å². The molecule has 1 aromatic carbocycles. The van der Waals surface area contributed by atoms with Crippen molar-refractivity contribution in [2.45, 2.75) is 31.1 Å². The van der Waals surface area contributed by atoms with Crippen molar-refractivity contribution in [3.05, 3.63) is 24.0 Å². The fraction of sp³-hybridized carbons (Fsp3) is 0.500. The van der Waals surface area contributed by atoms with Crippen LogP contribution >= 0.6 is 0 Å². The lowest BCUT2D eigenvalue weighted by Crippen LogP contribution is -2.59. The Kier molecular flexibility index (Phi) is 6.56. The summed E-state index contributed by atoms with van der Waals surface area (Å²) in [5.41, 5.74) is 0.226. The first-order chi connectivity index (χ1) is 14.1. The Labute approximate surface area is 169 Å². The van der Waals surface area contributed by atoms with Gasteiger partial charge in [0.05, 0.1) is 6.54 Å². The fourth-order valence-electron chi connectivity index (χ4n) is 3.42. The number of halogens is 4. The first-order valence-corrected chi connectivity index (χ1v) is 9.34. The Balaban J connectivity index is 1.64. The van der Waals surface area contributed by atoms with Crippen LogP contribution in [0.2, 0.25) is 0 Å². The molecule has 0 aromatic heterocycles. The van der Waals surface area contributed by atoms with Gasteiger partial charge in [-0.05, 0) is 24.6 Å². The lowest BCUT2D eigenvalue weighted by molar-refractivity contribution is -0.187. The molecule has 2 aliphatic heterocycles. The number of nitrogens with zero attached hydrogens (tertiary/aromatic N) is 1. The summed E-state index contributed by atoms with van der Waals surface area (Å²) in [5.74, 6) is -2.37. The zero-order chi connectivity index (χ0) is 21.9. The predicted molar refractivity (Wildman–Crippen MR) is 99.1 cm³/mol. The van der Waals surface area contributed by atoms with Gasteiger partial charge in [-0.25, -0.2) is 4.39 Å². The van der Waals surface area contributed by atoms with Crippen LogP contribution < -0.4 is 21.3 Å². The number of hydrogen-bond donors (Lipinski definition) is 4. The molecule has 0 aliphatic carbocycles. The van der Waals surface area contributed by atoms with Crippen LogP contribution in [-0.4, -0.2) is 67.1 Å². The average molecular weight is 431 g/mol. The van der Waals surface area contributed by atoms with Gasteiger partial charge in [-0.1, -0.05) is 0 Å². The highest BCUT2D eigenvalue weighted by atomic mass is 19.4. The van der Waals surface area contributed by atoms with Gasteiger partial charge in [0, 0.05) is 37.4 Å². The minimum atomic E-state index is -4.48. The Bertz CT molecular complexity index is 833. The smallest absolute Gasteiger partial charge is 0.374 e. The SMILES string of the molecule is O=C1CCC(Nc2cc(F)cc(NC(=O)CN3CCNC[C@@H]3C(F)(F)F)c2)C(=O)N1. The second-order valence-electron chi connectivity index (χ2n) is 7.16. The van der Waals surface area contributed by atoms with E-state index in [1.807, 2.05) is 0 Å². The molecule has 3 rings (SSSR count). The van der Waals surface area contributed by atoms with E-state index in [2.05, 4.69) is 21.3 Å². The summed E-state index contributed by atoms with van der Waals surface area (Å²) in [5, 5.41) is 10.0. The topological polar surface area (TPSA) is 103 Å². The summed E-state index contributed by atoms with van der Waals surface area (Å²) in [4.78, 5) is 36.3. The number of carbonyl (C=O) groups is 3. The molecule has 2 atom stereocenters. The lowest BCUT2D eigenvalue weighted by atomic mass is 10.1. The number of piperidine rings is 1. The average Bonchev–Trinajstić information content (AvgIpc) is 2.63. The Hall–Kier alpha value is -2.73. The summed E-state index contributed by atoms with van der Waals surface area (Å²) >= 11 is 0. The molecule has 2 heterocycles. The van der Waals surface area contributed by atoms with E-state index < -0.39 is 48.3 Å². The molecule has 0 radical (unpaired) electrons. The molecule has 4 N–H and O–H groups in total. The Morgan fingerprint density at radius 1 is 1.20 bits per heavy atom. The van der Waals surface area contributed by atoms with E-state index in [0.29, 0.717) is 6.54 Å². The van der Waals surface area contributed by atoms with Crippen LogP contribution in [0.1, 0.15) is 12.8 Å². The van der Waals surface area contributed by atoms with Crippen molar-refractivity contribution in [2.75, 3.05) is 36.8 Å². The van der Waals surface area contributed by atoms with E-state index in [1.54, 1.807) is 0 Å². The van der Waals surface area contributed by atoms with Gasteiger partial charge < -0.3 is 16.0 Å². The van der Waals surface area contributed by atoms with Gasteiger partial charge in [-0.3, -0.25) is 24.6 Å². The molecular weight excluding hydrogens is 410 g/mol. The first-order valence-electron chi connectivity index (χ1n) is 9.34. The maximum absolute atomic E-state index is 14.0. The zero-order valence-electron chi connectivity index (χ0n) is 15.8. The van der Waals surface area contributed by atoms with E-state index in [4.69, 9.17) is 0 Å². The molecule has 1 unspecified atom stereocenters. The first kappa shape index (κ1) is 22.0. The van der Waals surface area contributed by atoms with E-state index in [1.165, 1.54) is 6.07 Å². The third-order valence-electron chi connectivity index (χ3n) is 4.84. The molecule has 2 saturated heterocycles. The molecule has 0 saturated carbocycles. The summed E-state index contributed by atoms with van der Waals surface area (Å²) in [6.07, 6.45) is -4.12. The van der Waals surface area contributed by atoms with Crippen LogP contribution in [0.4, 0.5) is 28.9 Å². The molecule has 12 heteroatoms. The molecule has 1 aromatic rings. The number of hydrogen-bond acceptors (Lipinski definition) is 6. The molecule has 164 valence electrons. The summed E-state index contributed by atoms with van der Waals surface area (Å²) in [6.45, 7) is -0.446. The van der Waals surface area contributed by atoms with Gasteiger partial charge in [0.15, 0.2) is 0 Å². The third-order valence-corrected chi connectivity index (χ3v) is 4.84. The molecule has 0 spiro atoms. The summed E-state index contributed by atoms with van der Waals surface area (Å²) in [7, 11) is 0. The second kappa shape index (κ2) is 8.96. The van der Waals surface area contributed by atoms with Gasteiger partial charge in [-0.2, -0.15) is 13.2 Å². The quantitative estimate of drug-likeness (QED) is 0.407. The fourth-order valence-corrected chi connectivity index (χ4v) is 3.42. The lowest BCUT2D eigenvalue weighted by Gasteiger charge is -2.36. The van der Waals surface area contributed by atoms with Crippen LogP contribution in [0, 0.1) is 5.82 Å². The number of imide groups is 1. The predicted octanol–water partition coefficient (Wildman–Crippen LogP) is 0.817. The van der Waals surface area contributed by atoms with Crippen LogP contribution in [0.15, 0.2) is 18.2 Å². The number of carbonyl (C=O) groups excluding carboxylic acids is 3. The highest BCUT2D eigenvalue weighted by Crippen LogP contribution is 2.26. The van der Waals surface area contributed by atoms with Gasteiger partial charge >= 0.3 is 6.18 Å². The molecule has 2 aliphatic rings. The van der Waals surface area contributed by atoms with E-state index in [-0.39, 0.29) is 37.3 Å². The molecule has 3 amide bonds. The number of amides is 3. The Morgan fingerprint density at radius 3 is 2.63 bits per heavy atom. The van der Waals surface area contributed by atoms with Crippen LogP contribution in [0.5, 0.6) is 0 Å². The van der Waals surface area contributed by atoms with Crippen LogP contribution in [0.3, 0.4) is 0 Å². The summed E-state index contributed by atoms with van der Waals surface area (Å²) < 4.78 is 53.3. The van der Waals surface area contributed by atoms with Crippen LogP contribution in [0.25, 0.3) is 0 Å². The second-order valence-corrected chi connectivity index (χ2v) is 7.16. The van der Waals surface area contributed by atoms with E-state index in [0.717, 1.165) is 17.0 Å². The van der Waals surface area contributed by atoms with Gasteiger partial charge in [0.2, 0.25) is 17.7 Å². The van der Waals surface area contributed by atoms with Gasteiger partial charge in [0.25, 0.3) is 0 Å². The molecular formula is C18H21F4N5O3. The highest BCUT2D eigenvalue weighted by Gasteiger charge is 2.45. The van der Waals surface area contributed by atoms with E-state index in [9.17, 15) is 31.9 Å². The monoisotopic (exact) mass is 431 g/mol. The van der Waals surface area contributed by atoms with Crippen molar-refractivity contribution >= 4 is 29.1 Å². The molecule has 8 nitrogen and oxygen atoms in total. The normalized spacial score (nSPS) is 23.1. The van der Waals surface area contributed by atoms with Crippen molar-refractivity contribution < 1.29 is 31.9 Å². The maximum atomic E-state index is 14.0. The van der Waals surface area contributed by atoms with Crippen molar-refractivity contribution in [1.29, 1.82) is 0 Å². The number of anilines is 2. The standard InChI is InChI=1S/C18H21F4N5O3/c19-10-5-11(24-13-1-2-15(28)26-17(13)30)7-12(6-10)25-16(29)9-27-4-3-23-8-14(27)18(20,21)22/h5-7,13-14,23-24H,1-4,8-9H2,(H,25,29)(H,26,28,30)/t13?,14-/m1/s1. The zero-order valence-corrected chi connectivity index (χ0v) is 15.8. The summed E-state index contributed by atoms with van der Waals surface area (Å²) in [6, 6.07) is 0.960. The number of rotatable bonds is 5. The van der Waals surface area contributed by atoms with E-state index >= 15 is 0 Å². The van der Waals surface area contributed by atoms with Crippen molar-refractivity contribution in [3.63, 3.8) is 0 Å². The number of nitrogens with one attached hydrogen (secondary N) is 4. The number of benzene rings is 1. The third kappa shape index (κ3) is 5.66. The minimum Gasteiger partial charge on any atom is -0.374 e. The number of alkyl halides is 3. The Morgan fingerprint density at radius 2 is 1.93 bits per heavy atom. The highest BCUT2D eigenvalue weighted by molar-refractivity contribution is 6.01. The molecule has 0 bridgehead atoms.